The highest BCUT2D eigenvalue weighted by atomic mass is 16.5. The second kappa shape index (κ2) is 6.98. The Morgan fingerprint density at radius 3 is 2.36 bits per heavy atom. The molecule has 0 aliphatic carbocycles. The molecule has 3 nitrogen and oxygen atoms in total. The van der Waals surface area contributed by atoms with Crippen molar-refractivity contribution in [2.24, 2.45) is 0 Å². The van der Waals surface area contributed by atoms with E-state index in [9.17, 15) is 4.79 Å². The fourth-order valence-electron chi connectivity index (χ4n) is 2.94. The molecule has 0 unspecified atom stereocenters. The summed E-state index contributed by atoms with van der Waals surface area (Å²) in [4.78, 5) is 14.4. The van der Waals surface area contributed by atoms with Crippen LogP contribution in [0.15, 0.2) is 54.6 Å². The molecule has 3 rings (SSSR count). The number of carbonyl (C=O) groups is 1. The van der Waals surface area contributed by atoms with E-state index < -0.39 is 0 Å². The van der Waals surface area contributed by atoms with Crippen molar-refractivity contribution in [2.45, 2.75) is 20.4 Å². The third kappa shape index (κ3) is 3.66. The summed E-state index contributed by atoms with van der Waals surface area (Å²) >= 11 is 0. The molecule has 3 heteroatoms. The van der Waals surface area contributed by atoms with E-state index in [-0.39, 0.29) is 5.91 Å². The molecule has 0 saturated heterocycles. The van der Waals surface area contributed by atoms with Crippen molar-refractivity contribution in [3.8, 4) is 5.75 Å². The van der Waals surface area contributed by atoms with Crippen LogP contribution >= 0.6 is 0 Å². The maximum absolute atomic E-state index is 12.7. The van der Waals surface area contributed by atoms with Crippen molar-refractivity contribution in [2.75, 3.05) is 14.2 Å². The normalized spacial score (nSPS) is 10.7. The highest BCUT2D eigenvalue weighted by molar-refractivity contribution is 5.94. The second-order valence-electron chi connectivity index (χ2n) is 6.51. The molecule has 128 valence electrons. The van der Waals surface area contributed by atoms with Gasteiger partial charge >= 0.3 is 0 Å². The fourth-order valence-corrected chi connectivity index (χ4v) is 2.94. The Morgan fingerprint density at radius 1 is 0.920 bits per heavy atom. The van der Waals surface area contributed by atoms with Crippen molar-refractivity contribution in [1.82, 2.24) is 4.90 Å². The van der Waals surface area contributed by atoms with E-state index in [0.29, 0.717) is 6.54 Å². The van der Waals surface area contributed by atoms with Gasteiger partial charge in [-0.15, -0.1) is 0 Å². The number of ether oxygens (including phenoxy) is 1. The van der Waals surface area contributed by atoms with Gasteiger partial charge in [0.2, 0.25) is 0 Å². The molecule has 0 fully saturated rings. The van der Waals surface area contributed by atoms with Crippen LogP contribution in [0.5, 0.6) is 5.75 Å². The zero-order valence-electron chi connectivity index (χ0n) is 15.2. The quantitative estimate of drug-likeness (QED) is 0.690. The molecule has 1 amide bonds. The van der Waals surface area contributed by atoms with Gasteiger partial charge in [0.15, 0.2) is 0 Å². The molecule has 0 aliphatic rings. The summed E-state index contributed by atoms with van der Waals surface area (Å²) in [7, 11) is 3.51. The molecule has 0 heterocycles. The number of hydrogen-bond acceptors (Lipinski definition) is 2. The third-order valence-corrected chi connectivity index (χ3v) is 4.63. The standard InChI is InChI=1S/C22H23NO2/c1-15-5-7-20(11-16(15)2)22(24)23(3)14-17-6-8-19-13-21(25-4)10-9-18(19)12-17/h5-13H,14H2,1-4H3. The lowest BCUT2D eigenvalue weighted by molar-refractivity contribution is 0.0785. The number of amides is 1. The highest BCUT2D eigenvalue weighted by Gasteiger charge is 2.13. The summed E-state index contributed by atoms with van der Waals surface area (Å²) in [5.41, 5.74) is 4.18. The Kier molecular flexibility index (Phi) is 4.75. The van der Waals surface area contributed by atoms with Crippen LogP contribution in [0.3, 0.4) is 0 Å². The van der Waals surface area contributed by atoms with Crippen molar-refractivity contribution < 1.29 is 9.53 Å². The molecule has 0 radical (unpaired) electrons. The third-order valence-electron chi connectivity index (χ3n) is 4.63. The minimum Gasteiger partial charge on any atom is -0.497 e. The van der Waals surface area contributed by atoms with Gasteiger partial charge in [-0.1, -0.05) is 24.3 Å². The van der Waals surface area contributed by atoms with Gasteiger partial charge in [-0.3, -0.25) is 4.79 Å². The molecule has 0 bridgehead atoms. The Hall–Kier alpha value is -2.81. The predicted octanol–water partition coefficient (Wildman–Crippen LogP) is 4.74. The first-order valence-electron chi connectivity index (χ1n) is 8.37. The molecule has 0 aromatic heterocycles. The summed E-state index contributed by atoms with van der Waals surface area (Å²) in [5.74, 6) is 0.889. The van der Waals surface area contributed by atoms with Crippen LogP contribution in [0, 0.1) is 13.8 Å². The van der Waals surface area contributed by atoms with Gasteiger partial charge in [0.25, 0.3) is 5.91 Å². The Bertz CT molecular complexity index is 930. The van der Waals surface area contributed by atoms with E-state index in [4.69, 9.17) is 4.74 Å². The maximum Gasteiger partial charge on any atom is 0.253 e. The zero-order valence-corrected chi connectivity index (χ0v) is 15.2. The van der Waals surface area contributed by atoms with Gasteiger partial charge in [-0.2, -0.15) is 0 Å². The van der Waals surface area contributed by atoms with E-state index in [0.717, 1.165) is 33.2 Å². The molecule has 0 atom stereocenters. The van der Waals surface area contributed by atoms with Crippen LogP contribution in [0.4, 0.5) is 0 Å². The molecule has 0 saturated carbocycles. The average molecular weight is 333 g/mol. The molecule has 0 N–H and O–H groups in total. The van der Waals surface area contributed by atoms with E-state index in [1.54, 1.807) is 12.0 Å². The number of aryl methyl sites for hydroxylation is 2. The van der Waals surface area contributed by atoms with Crippen LogP contribution in [0.1, 0.15) is 27.0 Å². The van der Waals surface area contributed by atoms with Crippen molar-refractivity contribution in [3.63, 3.8) is 0 Å². The van der Waals surface area contributed by atoms with Crippen LogP contribution in [0.2, 0.25) is 0 Å². The first kappa shape index (κ1) is 17.0. The number of methoxy groups -OCH3 is 1. The topological polar surface area (TPSA) is 29.5 Å². The lowest BCUT2D eigenvalue weighted by atomic mass is 10.0. The van der Waals surface area contributed by atoms with E-state index >= 15 is 0 Å². The van der Waals surface area contributed by atoms with Crippen LogP contribution < -0.4 is 4.74 Å². The SMILES string of the molecule is COc1ccc2cc(CN(C)C(=O)c3ccc(C)c(C)c3)ccc2c1. The van der Waals surface area contributed by atoms with E-state index in [1.165, 1.54) is 5.56 Å². The van der Waals surface area contributed by atoms with Crippen LogP contribution in [-0.4, -0.2) is 25.0 Å². The zero-order chi connectivity index (χ0) is 18.0. The predicted molar refractivity (Wildman–Crippen MR) is 102 cm³/mol. The number of hydrogen-bond donors (Lipinski definition) is 0. The number of fused-ring (bicyclic) bond motifs is 1. The molecular formula is C22H23NO2. The minimum absolute atomic E-state index is 0.0397. The van der Waals surface area contributed by atoms with Gasteiger partial charge in [0.1, 0.15) is 5.75 Å². The lowest BCUT2D eigenvalue weighted by Gasteiger charge is -2.18. The molecule has 0 aliphatic heterocycles. The summed E-state index contributed by atoms with van der Waals surface area (Å²) in [6.45, 7) is 4.66. The van der Waals surface area contributed by atoms with E-state index in [2.05, 4.69) is 25.1 Å². The molecule has 3 aromatic rings. The number of nitrogens with zero attached hydrogens (tertiary/aromatic N) is 1. The number of carbonyl (C=O) groups excluding carboxylic acids is 1. The van der Waals surface area contributed by atoms with Crippen LogP contribution in [0.25, 0.3) is 10.8 Å². The Balaban J connectivity index is 1.79. The van der Waals surface area contributed by atoms with Gasteiger partial charge in [-0.05, 0) is 71.6 Å². The van der Waals surface area contributed by atoms with Gasteiger partial charge in [0.05, 0.1) is 7.11 Å². The van der Waals surface area contributed by atoms with Crippen molar-refractivity contribution in [3.05, 3.63) is 76.9 Å². The number of rotatable bonds is 4. The number of benzene rings is 3. The monoisotopic (exact) mass is 333 g/mol. The second-order valence-corrected chi connectivity index (χ2v) is 6.51. The van der Waals surface area contributed by atoms with E-state index in [1.807, 2.05) is 50.4 Å². The Labute approximate surface area is 148 Å². The molecule has 3 aromatic carbocycles. The first-order chi connectivity index (χ1) is 12.0. The largest absolute Gasteiger partial charge is 0.497 e. The van der Waals surface area contributed by atoms with Crippen molar-refractivity contribution >= 4 is 16.7 Å². The van der Waals surface area contributed by atoms with Crippen LogP contribution in [-0.2, 0) is 6.54 Å². The highest BCUT2D eigenvalue weighted by Crippen LogP contribution is 2.22. The van der Waals surface area contributed by atoms with Crippen molar-refractivity contribution in [1.29, 1.82) is 0 Å². The fraction of sp³-hybridized carbons (Fsp3) is 0.227. The molecular weight excluding hydrogens is 310 g/mol. The summed E-state index contributed by atoms with van der Waals surface area (Å²) in [6, 6.07) is 18.1. The molecule has 25 heavy (non-hydrogen) atoms. The maximum atomic E-state index is 12.7. The first-order valence-corrected chi connectivity index (χ1v) is 8.37. The summed E-state index contributed by atoms with van der Waals surface area (Å²) in [6.07, 6.45) is 0. The van der Waals surface area contributed by atoms with Gasteiger partial charge < -0.3 is 9.64 Å². The summed E-state index contributed by atoms with van der Waals surface area (Å²) < 4.78 is 5.26. The average Bonchev–Trinajstić information content (AvgIpc) is 2.62. The Morgan fingerprint density at radius 2 is 1.64 bits per heavy atom. The van der Waals surface area contributed by atoms with Gasteiger partial charge in [0, 0.05) is 19.2 Å². The van der Waals surface area contributed by atoms with Gasteiger partial charge in [-0.25, -0.2) is 0 Å². The smallest absolute Gasteiger partial charge is 0.253 e. The lowest BCUT2D eigenvalue weighted by Crippen LogP contribution is -2.26. The summed E-state index contributed by atoms with van der Waals surface area (Å²) in [5, 5.41) is 2.27. The minimum atomic E-state index is 0.0397. The molecule has 0 spiro atoms.